The maximum atomic E-state index is 14.0. The van der Waals surface area contributed by atoms with Gasteiger partial charge in [0.05, 0.1) is 29.6 Å². The zero-order valence-corrected chi connectivity index (χ0v) is 14.7. The van der Waals surface area contributed by atoms with Crippen molar-refractivity contribution in [3.05, 3.63) is 41.6 Å². The first kappa shape index (κ1) is 19.0. The van der Waals surface area contributed by atoms with Crippen LogP contribution < -0.4 is 5.32 Å². The summed E-state index contributed by atoms with van der Waals surface area (Å²) in [5, 5.41) is 18.0. The van der Waals surface area contributed by atoms with E-state index in [-0.39, 0.29) is 35.4 Å². The number of likely N-dealkylation sites (N-methyl/N-ethyl adjacent to an activating group) is 1. The number of aromatic amines is 1. The van der Waals surface area contributed by atoms with Crippen LogP contribution in [0.5, 0.6) is 0 Å². The average Bonchev–Trinajstić information content (AvgIpc) is 3.05. The Morgan fingerprint density at radius 1 is 1.33 bits per heavy atom. The van der Waals surface area contributed by atoms with E-state index < -0.39 is 23.5 Å². The summed E-state index contributed by atoms with van der Waals surface area (Å²) >= 11 is 0. The van der Waals surface area contributed by atoms with E-state index in [9.17, 15) is 18.4 Å². The van der Waals surface area contributed by atoms with Crippen LogP contribution in [-0.2, 0) is 4.79 Å². The third-order valence-electron chi connectivity index (χ3n) is 4.81. The summed E-state index contributed by atoms with van der Waals surface area (Å²) in [4.78, 5) is 25.2. The van der Waals surface area contributed by atoms with E-state index in [0.717, 1.165) is 12.1 Å². The Hall–Kier alpha value is -2.81. The first-order chi connectivity index (χ1) is 12.9. The van der Waals surface area contributed by atoms with Crippen molar-refractivity contribution in [1.29, 1.82) is 0 Å². The van der Waals surface area contributed by atoms with E-state index in [4.69, 9.17) is 5.11 Å². The molecule has 144 valence electrons. The Morgan fingerprint density at radius 3 is 2.59 bits per heavy atom. The lowest BCUT2D eigenvalue weighted by Gasteiger charge is -2.42. The van der Waals surface area contributed by atoms with Gasteiger partial charge >= 0.3 is 5.97 Å². The number of halogens is 2. The second-order valence-corrected chi connectivity index (χ2v) is 6.51. The Bertz CT molecular complexity index is 829. The zero-order chi connectivity index (χ0) is 19.6. The van der Waals surface area contributed by atoms with E-state index in [0.29, 0.717) is 19.4 Å². The van der Waals surface area contributed by atoms with Gasteiger partial charge in [-0.15, -0.1) is 0 Å². The SMILES string of the molecule is CCN(CC(=O)O)C1CC(NC(=O)c2cn[nH]c2-c2c(F)cccc2F)C1. The highest BCUT2D eigenvalue weighted by atomic mass is 19.1. The maximum Gasteiger partial charge on any atom is 0.317 e. The Kier molecular flexibility index (Phi) is 5.50. The number of nitrogens with one attached hydrogen (secondary N) is 2. The number of amides is 1. The number of hydrogen-bond donors (Lipinski definition) is 3. The van der Waals surface area contributed by atoms with Crippen LogP contribution in [0.1, 0.15) is 30.1 Å². The van der Waals surface area contributed by atoms with Crippen molar-refractivity contribution in [2.24, 2.45) is 0 Å². The number of rotatable bonds is 7. The van der Waals surface area contributed by atoms with Gasteiger partial charge in [-0.1, -0.05) is 13.0 Å². The van der Waals surface area contributed by atoms with Crippen molar-refractivity contribution in [2.45, 2.75) is 31.8 Å². The Labute approximate surface area is 154 Å². The Morgan fingerprint density at radius 2 is 2.00 bits per heavy atom. The fourth-order valence-corrected chi connectivity index (χ4v) is 3.33. The molecule has 1 saturated carbocycles. The van der Waals surface area contributed by atoms with Crippen LogP contribution >= 0.6 is 0 Å². The molecular formula is C18H20F2N4O3. The highest BCUT2D eigenvalue weighted by Crippen LogP contribution is 2.29. The van der Waals surface area contributed by atoms with Crippen molar-refractivity contribution >= 4 is 11.9 Å². The van der Waals surface area contributed by atoms with Gasteiger partial charge in [0.1, 0.15) is 11.6 Å². The molecule has 0 atom stereocenters. The molecular weight excluding hydrogens is 358 g/mol. The van der Waals surface area contributed by atoms with Gasteiger partial charge in [-0.3, -0.25) is 19.6 Å². The van der Waals surface area contributed by atoms with Crippen molar-refractivity contribution in [3.63, 3.8) is 0 Å². The molecule has 3 rings (SSSR count). The molecule has 2 aromatic rings. The van der Waals surface area contributed by atoms with Gasteiger partial charge in [-0.25, -0.2) is 8.78 Å². The molecule has 7 nitrogen and oxygen atoms in total. The van der Waals surface area contributed by atoms with Gasteiger partial charge in [0, 0.05) is 12.1 Å². The molecule has 0 radical (unpaired) electrons. The summed E-state index contributed by atoms with van der Waals surface area (Å²) in [6.45, 7) is 2.45. The molecule has 1 heterocycles. The lowest BCUT2D eigenvalue weighted by molar-refractivity contribution is -0.139. The number of benzene rings is 1. The van der Waals surface area contributed by atoms with Crippen molar-refractivity contribution < 1.29 is 23.5 Å². The predicted octanol–water partition coefficient (Wildman–Crippen LogP) is 2.02. The predicted molar refractivity (Wildman–Crippen MR) is 93.1 cm³/mol. The first-order valence-corrected chi connectivity index (χ1v) is 8.65. The second kappa shape index (κ2) is 7.83. The summed E-state index contributed by atoms with van der Waals surface area (Å²) in [6, 6.07) is 3.43. The van der Waals surface area contributed by atoms with E-state index in [1.165, 1.54) is 12.3 Å². The van der Waals surface area contributed by atoms with Crippen LogP contribution in [0.15, 0.2) is 24.4 Å². The van der Waals surface area contributed by atoms with Crippen molar-refractivity contribution in [3.8, 4) is 11.3 Å². The molecule has 9 heteroatoms. The third-order valence-corrected chi connectivity index (χ3v) is 4.81. The molecule has 1 aromatic heterocycles. The summed E-state index contributed by atoms with van der Waals surface area (Å²) in [6.07, 6.45) is 2.47. The smallest absolute Gasteiger partial charge is 0.317 e. The van der Waals surface area contributed by atoms with Crippen LogP contribution in [-0.4, -0.2) is 57.3 Å². The highest BCUT2D eigenvalue weighted by molar-refractivity contribution is 6.00. The molecule has 27 heavy (non-hydrogen) atoms. The number of nitrogens with zero attached hydrogens (tertiary/aromatic N) is 2. The van der Waals surface area contributed by atoms with E-state index in [1.807, 2.05) is 11.8 Å². The van der Waals surface area contributed by atoms with Gasteiger partial charge in [-0.2, -0.15) is 5.10 Å². The zero-order valence-electron chi connectivity index (χ0n) is 14.7. The van der Waals surface area contributed by atoms with Crippen LogP contribution in [0.2, 0.25) is 0 Å². The molecule has 0 bridgehead atoms. The fourth-order valence-electron chi connectivity index (χ4n) is 3.33. The summed E-state index contributed by atoms with van der Waals surface area (Å²) in [5.41, 5.74) is -0.286. The van der Waals surface area contributed by atoms with E-state index >= 15 is 0 Å². The molecule has 0 spiro atoms. The van der Waals surface area contributed by atoms with Crippen LogP contribution in [0, 0.1) is 11.6 Å². The molecule has 1 amide bonds. The van der Waals surface area contributed by atoms with Crippen molar-refractivity contribution in [2.75, 3.05) is 13.1 Å². The normalized spacial score (nSPS) is 19.0. The fraction of sp³-hybridized carbons (Fsp3) is 0.389. The molecule has 1 fully saturated rings. The number of aliphatic carboxylic acids is 1. The van der Waals surface area contributed by atoms with Crippen LogP contribution in [0.25, 0.3) is 11.3 Å². The number of carbonyl (C=O) groups is 2. The quantitative estimate of drug-likeness (QED) is 0.685. The number of hydrogen-bond acceptors (Lipinski definition) is 4. The molecule has 1 aliphatic carbocycles. The Balaban J connectivity index is 1.66. The maximum absolute atomic E-state index is 14.0. The minimum atomic E-state index is -0.890. The van der Waals surface area contributed by atoms with E-state index in [1.54, 1.807) is 0 Å². The molecule has 1 aliphatic rings. The van der Waals surface area contributed by atoms with Gasteiger partial charge in [-0.05, 0) is 31.5 Å². The second-order valence-electron chi connectivity index (χ2n) is 6.51. The standard InChI is InChI=1S/C18H20F2N4O3/c1-2-24(9-15(25)26)11-6-10(7-11)22-18(27)12-8-21-23-17(12)16-13(19)4-3-5-14(16)20/h3-5,8,10-11H,2,6-7,9H2,1H3,(H,21,23)(H,22,27)(H,25,26). The average molecular weight is 378 g/mol. The summed E-state index contributed by atoms with van der Waals surface area (Å²) in [5.74, 6) is -2.95. The summed E-state index contributed by atoms with van der Waals surface area (Å²) in [7, 11) is 0. The molecule has 0 aliphatic heterocycles. The number of carbonyl (C=O) groups excluding carboxylic acids is 1. The van der Waals surface area contributed by atoms with Gasteiger partial charge < -0.3 is 10.4 Å². The van der Waals surface area contributed by atoms with Crippen molar-refractivity contribution in [1.82, 2.24) is 20.4 Å². The minimum Gasteiger partial charge on any atom is -0.480 e. The lowest BCUT2D eigenvalue weighted by atomic mass is 9.85. The third kappa shape index (κ3) is 3.97. The minimum absolute atomic E-state index is 0.0139. The number of carboxylic acid groups (broad SMARTS) is 1. The van der Waals surface area contributed by atoms with Gasteiger partial charge in [0.25, 0.3) is 5.91 Å². The molecule has 3 N–H and O–H groups in total. The number of H-pyrrole nitrogens is 1. The monoisotopic (exact) mass is 378 g/mol. The van der Waals surface area contributed by atoms with Crippen LogP contribution in [0.3, 0.4) is 0 Å². The summed E-state index contributed by atoms with van der Waals surface area (Å²) < 4.78 is 28.0. The van der Waals surface area contributed by atoms with Crippen LogP contribution in [0.4, 0.5) is 8.78 Å². The highest BCUT2D eigenvalue weighted by Gasteiger charge is 2.35. The number of aromatic nitrogens is 2. The van der Waals surface area contributed by atoms with Gasteiger partial charge in [0.2, 0.25) is 0 Å². The van der Waals surface area contributed by atoms with Gasteiger partial charge in [0.15, 0.2) is 0 Å². The number of carboxylic acids is 1. The largest absolute Gasteiger partial charge is 0.480 e. The molecule has 0 unspecified atom stereocenters. The molecule has 0 saturated heterocycles. The lowest BCUT2D eigenvalue weighted by Crippen LogP contribution is -2.54. The topological polar surface area (TPSA) is 98.3 Å². The van der Waals surface area contributed by atoms with E-state index in [2.05, 4.69) is 15.5 Å². The first-order valence-electron chi connectivity index (χ1n) is 8.65. The molecule has 1 aromatic carbocycles.